The molecule has 2 fully saturated rings. The van der Waals surface area contributed by atoms with Gasteiger partial charge in [-0.1, -0.05) is 12.1 Å². The second kappa shape index (κ2) is 4.01. The fourth-order valence-electron chi connectivity index (χ4n) is 3.85. The molecule has 0 radical (unpaired) electrons. The highest BCUT2D eigenvalue weighted by molar-refractivity contribution is 5.29. The molecule has 3 heteroatoms. The zero-order valence-electron chi connectivity index (χ0n) is 10.4. The maximum absolute atomic E-state index is 13.7. The van der Waals surface area contributed by atoms with Crippen molar-refractivity contribution in [3.05, 3.63) is 35.1 Å². The van der Waals surface area contributed by atoms with Crippen LogP contribution in [0, 0.1) is 24.6 Å². The van der Waals surface area contributed by atoms with Gasteiger partial charge in [0.15, 0.2) is 0 Å². The molecule has 1 unspecified atom stereocenters. The molecule has 3 rings (SSSR count). The summed E-state index contributed by atoms with van der Waals surface area (Å²) in [4.78, 5) is 0. The summed E-state index contributed by atoms with van der Waals surface area (Å²) < 4.78 is 40.6. The Bertz CT molecular complexity index is 467. The van der Waals surface area contributed by atoms with Gasteiger partial charge in [0.1, 0.15) is 5.82 Å². The molecule has 0 heterocycles. The summed E-state index contributed by atoms with van der Waals surface area (Å²) in [6.45, 7) is 1.73. The van der Waals surface area contributed by atoms with Gasteiger partial charge in [-0.3, -0.25) is 0 Å². The van der Waals surface area contributed by atoms with Crippen molar-refractivity contribution in [3.8, 4) is 0 Å². The van der Waals surface area contributed by atoms with E-state index in [0.717, 1.165) is 12.0 Å². The normalized spacial score (nSPS) is 33.7. The summed E-state index contributed by atoms with van der Waals surface area (Å²) >= 11 is 0. The van der Waals surface area contributed by atoms with E-state index in [1.54, 1.807) is 13.0 Å². The predicted octanol–water partition coefficient (Wildman–Crippen LogP) is 4.67. The van der Waals surface area contributed by atoms with Crippen molar-refractivity contribution in [2.45, 2.75) is 44.4 Å². The second-order valence-electron chi connectivity index (χ2n) is 5.76. The molecule has 3 atom stereocenters. The smallest absolute Gasteiger partial charge is 0.207 e. The molecule has 0 spiro atoms. The SMILES string of the molecule is Cc1cc(C2CC[C@H]3[C@@H]2CCC3(F)F)ccc1F. The summed E-state index contributed by atoms with van der Waals surface area (Å²) in [5, 5.41) is 0. The average molecular weight is 254 g/mol. The average Bonchev–Trinajstić information content (AvgIpc) is 2.85. The minimum Gasteiger partial charge on any atom is -0.207 e. The topological polar surface area (TPSA) is 0 Å². The van der Waals surface area contributed by atoms with Gasteiger partial charge in [-0.2, -0.15) is 0 Å². The van der Waals surface area contributed by atoms with Crippen molar-refractivity contribution in [1.82, 2.24) is 0 Å². The van der Waals surface area contributed by atoms with E-state index in [-0.39, 0.29) is 24.1 Å². The quantitative estimate of drug-likeness (QED) is 0.683. The van der Waals surface area contributed by atoms with Crippen molar-refractivity contribution in [2.24, 2.45) is 11.8 Å². The molecule has 0 amide bonds. The van der Waals surface area contributed by atoms with Gasteiger partial charge in [0.25, 0.3) is 5.92 Å². The number of hydrogen-bond donors (Lipinski definition) is 0. The summed E-state index contributed by atoms with van der Waals surface area (Å²) in [7, 11) is 0. The minimum atomic E-state index is -2.48. The van der Waals surface area contributed by atoms with E-state index in [0.29, 0.717) is 18.4 Å². The number of hydrogen-bond acceptors (Lipinski definition) is 0. The second-order valence-corrected chi connectivity index (χ2v) is 5.76. The molecule has 0 aromatic heterocycles. The Kier molecular flexibility index (Phi) is 2.68. The third-order valence-corrected chi connectivity index (χ3v) is 4.79. The maximum Gasteiger partial charge on any atom is 0.251 e. The fourth-order valence-corrected chi connectivity index (χ4v) is 3.85. The van der Waals surface area contributed by atoms with Crippen LogP contribution in [0.25, 0.3) is 0 Å². The van der Waals surface area contributed by atoms with Crippen molar-refractivity contribution in [3.63, 3.8) is 0 Å². The molecular weight excluding hydrogens is 237 g/mol. The number of halogens is 3. The number of aryl methyl sites for hydroxylation is 1. The first-order chi connectivity index (χ1) is 8.49. The monoisotopic (exact) mass is 254 g/mol. The molecule has 0 bridgehead atoms. The lowest BCUT2D eigenvalue weighted by atomic mass is 9.85. The van der Waals surface area contributed by atoms with Gasteiger partial charge in [0.05, 0.1) is 0 Å². The standard InChI is InChI=1S/C15H17F3/c1-9-8-10(2-5-14(9)16)11-3-4-13-12(11)6-7-15(13,17)18/h2,5,8,11-13H,3-4,6-7H2,1H3/t11?,12-,13+/m1/s1. The summed E-state index contributed by atoms with van der Waals surface area (Å²) in [5.74, 6) is -2.86. The first-order valence-corrected chi connectivity index (χ1v) is 6.63. The number of fused-ring (bicyclic) bond motifs is 1. The fraction of sp³-hybridized carbons (Fsp3) is 0.600. The van der Waals surface area contributed by atoms with Gasteiger partial charge in [0, 0.05) is 12.3 Å². The van der Waals surface area contributed by atoms with Crippen molar-refractivity contribution in [2.75, 3.05) is 0 Å². The molecular formula is C15H17F3. The van der Waals surface area contributed by atoms with Crippen LogP contribution >= 0.6 is 0 Å². The van der Waals surface area contributed by atoms with Crippen LogP contribution in [0.3, 0.4) is 0 Å². The Hall–Kier alpha value is -0.990. The number of alkyl halides is 2. The zero-order chi connectivity index (χ0) is 12.9. The van der Waals surface area contributed by atoms with Crippen LogP contribution in [0.5, 0.6) is 0 Å². The molecule has 18 heavy (non-hydrogen) atoms. The first kappa shape index (κ1) is 12.1. The van der Waals surface area contributed by atoms with Crippen LogP contribution in [0.4, 0.5) is 13.2 Å². The minimum absolute atomic E-state index is 0.0268. The molecule has 0 nitrogen and oxygen atoms in total. The summed E-state index contributed by atoms with van der Waals surface area (Å²) in [5.41, 5.74) is 1.65. The summed E-state index contributed by atoms with van der Waals surface area (Å²) in [6.07, 6.45) is 2.06. The molecule has 2 saturated carbocycles. The maximum atomic E-state index is 13.7. The molecule has 1 aromatic carbocycles. The lowest BCUT2D eigenvalue weighted by Crippen LogP contribution is -2.22. The van der Waals surface area contributed by atoms with Gasteiger partial charge >= 0.3 is 0 Å². The van der Waals surface area contributed by atoms with E-state index in [1.807, 2.05) is 6.07 Å². The Labute approximate surface area is 105 Å². The van der Waals surface area contributed by atoms with Crippen molar-refractivity contribution < 1.29 is 13.2 Å². The lowest BCUT2D eigenvalue weighted by Gasteiger charge is -2.20. The van der Waals surface area contributed by atoms with E-state index in [1.165, 1.54) is 6.07 Å². The molecule has 0 aliphatic heterocycles. The van der Waals surface area contributed by atoms with Gasteiger partial charge < -0.3 is 0 Å². The van der Waals surface area contributed by atoms with Gasteiger partial charge in [-0.05, 0) is 55.2 Å². The Morgan fingerprint density at radius 2 is 1.94 bits per heavy atom. The van der Waals surface area contributed by atoms with Crippen LogP contribution in [-0.4, -0.2) is 5.92 Å². The van der Waals surface area contributed by atoms with E-state index in [9.17, 15) is 13.2 Å². The Balaban J connectivity index is 1.88. The van der Waals surface area contributed by atoms with Gasteiger partial charge in [-0.25, -0.2) is 13.2 Å². The van der Waals surface area contributed by atoms with Crippen LogP contribution in [0.1, 0.15) is 42.7 Å². The zero-order valence-corrected chi connectivity index (χ0v) is 10.4. The van der Waals surface area contributed by atoms with Gasteiger partial charge in [0.2, 0.25) is 0 Å². The Morgan fingerprint density at radius 3 is 2.67 bits per heavy atom. The highest BCUT2D eigenvalue weighted by atomic mass is 19.3. The molecule has 98 valence electrons. The summed E-state index contributed by atoms with van der Waals surface area (Å²) in [6, 6.07) is 5.07. The van der Waals surface area contributed by atoms with E-state index in [2.05, 4.69) is 0 Å². The third-order valence-electron chi connectivity index (χ3n) is 4.79. The largest absolute Gasteiger partial charge is 0.251 e. The van der Waals surface area contributed by atoms with Crippen LogP contribution in [0.15, 0.2) is 18.2 Å². The third kappa shape index (κ3) is 1.75. The van der Waals surface area contributed by atoms with Crippen LogP contribution in [-0.2, 0) is 0 Å². The van der Waals surface area contributed by atoms with E-state index >= 15 is 0 Å². The molecule has 1 aromatic rings. The number of rotatable bonds is 1. The number of benzene rings is 1. The van der Waals surface area contributed by atoms with Crippen LogP contribution < -0.4 is 0 Å². The molecule has 0 saturated heterocycles. The van der Waals surface area contributed by atoms with E-state index < -0.39 is 11.8 Å². The van der Waals surface area contributed by atoms with Gasteiger partial charge in [-0.15, -0.1) is 0 Å². The van der Waals surface area contributed by atoms with Crippen molar-refractivity contribution in [1.29, 1.82) is 0 Å². The molecule has 2 aliphatic carbocycles. The highest BCUT2D eigenvalue weighted by Crippen LogP contribution is 2.57. The van der Waals surface area contributed by atoms with Crippen LogP contribution in [0.2, 0.25) is 0 Å². The molecule has 0 N–H and O–H groups in total. The highest BCUT2D eigenvalue weighted by Gasteiger charge is 2.55. The molecule has 2 aliphatic rings. The van der Waals surface area contributed by atoms with Crippen molar-refractivity contribution >= 4 is 0 Å². The lowest BCUT2D eigenvalue weighted by molar-refractivity contribution is -0.0409. The predicted molar refractivity (Wildman–Crippen MR) is 64.3 cm³/mol. The Morgan fingerprint density at radius 1 is 1.17 bits per heavy atom. The first-order valence-electron chi connectivity index (χ1n) is 6.63. The van der Waals surface area contributed by atoms with E-state index in [4.69, 9.17) is 0 Å².